The van der Waals surface area contributed by atoms with Gasteiger partial charge < -0.3 is 5.32 Å². The molecule has 0 aromatic heterocycles. The molecule has 0 bridgehead atoms. The monoisotopic (exact) mass is 313 g/mol. The van der Waals surface area contributed by atoms with Crippen molar-refractivity contribution in [3.05, 3.63) is 65.7 Å². The molecular weight excluding hydrogens is 305 g/mol. The molecule has 0 saturated carbocycles. The lowest BCUT2D eigenvalue weighted by Crippen LogP contribution is -2.12. The summed E-state index contributed by atoms with van der Waals surface area (Å²) in [6.45, 7) is 0. The molecule has 0 atom stereocenters. The molecule has 0 aliphatic heterocycles. The Balaban J connectivity index is 2.12. The first-order valence-corrected chi connectivity index (χ1v) is 6.64. The number of anilines is 1. The summed E-state index contributed by atoms with van der Waals surface area (Å²) < 4.78 is -1.48. The van der Waals surface area contributed by atoms with Gasteiger partial charge in [0.25, 0.3) is 5.91 Å². The van der Waals surface area contributed by atoms with Crippen molar-refractivity contribution in [1.29, 1.82) is 0 Å². The number of carbonyl (C=O) groups excluding carboxylic acids is 1. The van der Waals surface area contributed by atoms with E-state index in [1.807, 2.05) is 30.3 Å². The highest BCUT2D eigenvalue weighted by atomic mass is 35.6. The van der Waals surface area contributed by atoms with Crippen molar-refractivity contribution in [2.45, 2.75) is 3.79 Å². The zero-order chi connectivity index (χ0) is 13.9. The smallest absolute Gasteiger partial charge is 0.255 e. The quantitative estimate of drug-likeness (QED) is 0.795. The Hall–Kier alpha value is -1.22. The fourth-order valence-corrected chi connectivity index (χ4v) is 1.91. The lowest BCUT2D eigenvalue weighted by atomic mass is 10.1. The van der Waals surface area contributed by atoms with E-state index in [-0.39, 0.29) is 5.91 Å². The first-order valence-electron chi connectivity index (χ1n) is 5.50. The number of amides is 1. The molecule has 0 fully saturated rings. The number of nitrogens with one attached hydrogen (secondary N) is 1. The highest BCUT2D eigenvalue weighted by Gasteiger charge is 2.22. The lowest BCUT2D eigenvalue weighted by molar-refractivity contribution is 0.102. The molecule has 2 nitrogen and oxygen atoms in total. The van der Waals surface area contributed by atoms with Crippen molar-refractivity contribution in [2.75, 3.05) is 5.32 Å². The van der Waals surface area contributed by atoms with Gasteiger partial charge in [-0.05, 0) is 24.3 Å². The van der Waals surface area contributed by atoms with Gasteiger partial charge in [-0.2, -0.15) is 0 Å². The summed E-state index contributed by atoms with van der Waals surface area (Å²) in [5.41, 5.74) is 1.76. The van der Waals surface area contributed by atoms with E-state index in [1.165, 1.54) is 0 Å². The summed E-state index contributed by atoms with van der Waals surface area (Å²) in [6.07, 6.45) is 0. The Morgan fingerprint density at radius 3 is 2.00 bits per heavy atom. The summed E-state index contributed by atoms with van der Waals surface area (Å²) in [5, 5.41) is 2.78. The highest BCUT2D eigenvalue weighted by Crippen LogP contribution is 2.37. The van der Waals surface area contributed by atoms with Gasteiger partial charge in [0.1, 0.15) is 0 Å². The molecule has 2 aromatic carbocycles. The third-order valence-electron chi connectivity index (χ3n) is 2.51. The molecule has 0 unspecified atom stereocenters. The molecule has 0 spiro atoms. The molecule has 1 amide bonds. The summed E-state index contributed by atoms with van der Waals surface area (Å²) in [6, 6.07) is 15.7. The Kier molecular flexibility index (Phi) is 4.35. The number of halogens is 3. The number of benzene rings is 2. The number of hydrogen-bond acceptors (Lipinski definition) is 1. The van der Waals surface area contributed by atoms with Gasteiger partial charge >= 0.3 is 0 Å². The minimum atomic E-state index is -1.48. The van der Waals surface area contributed by atoms with Gasteiger partial charge in [0, 0.05) is 16.8 Å². The zero-order valence-corrected chi connectivity index (χ0v) is 12.0. The van der Waals surface area contributed by atoms with E-state index in [0.717, 1.165) is 5.69 Å². The summed E-state index contributed by atoms with van der Waals surface area (Å²) in [4.78, 5) is 12.0. The van der Waals surface area contributed by atoms with Gasteiger partial charge in [0.15, 0.2) is 0 Å². The van der Waals surface area contributed by atoms with Crippen molar-refractivity contribution in [3.8, 4) is 0 Å². The molecule has 0 heterocycles. The summed E-state index contributed by atoms with van der Waals surface area (Å²) in [7, 11) is 0. The largest absolute Gasteiger partial charge is 0.322 e. The van der Waals surface area contributed by atoms with Crippen LogP contribution in [0.15, 0.2) is 54.6 Å². The topological polar surface area (TPSA) is 29.1 Å². The molecule has 2 aromatic rings. The normalized spacial score (nSPS) is 11.1. The van der Waals surface area contributed by atoms with Crippen molar-refractivity contribution < 1.29 is 4.79 Å². The Morgan fingerprint density at radius 1 is 0.895 bits per heavy atom. The van der Waals surface area contributed by atoms with Gasteiger partial charge in [-0.1, -0.05) is 65.1 Å². The van der Waals surface area contributed by atoms with Crippen LogP contribution >= 0.6 is 34.8 Å². The maximum atomic E-state index is 12.0. The predicted octanol–water partition coefficient (Wildman–Crippen LogP) is 4.77. The second kappa shape index (κ2) is 5.83. The Morgan fingerprint density at radius 2 is 1.47 bits per heavy atom. The third kappa shape index (κ3) is 3.87. The zero-order valence-electron chi connectivity index (χ0n) is 9.74. The predicted molar refractivity (Wildman–Crippen MR) is 80.1 cm³/mol. The molecule has 5 heteroatoms. The maximum Gasteiger partial charge on any atom is 0.255 e. The van der Waals surface area contributed by atoms with Crippen LogP contribution in [0.25, 0.3) is 0 Å². The SMILES string of the molecule is O=C(Nc1ccccc1)c1ccc(C(Cl)(Cl)Cl)cc1. The first-order chi connectivity index (χ1) is 8.97. The number of carbonyl (C=O) groups is 1. The van der Waals surface area contributed by atoms with Crippen molar-refractivity contribution in [2.24, 2.45) is 0 Å². The van der Waals surface area contributed by atoms with Gasteiger partial charge in [-0.3, -0.25) is 4.79 Å². The van der Waals surface area contributed by atoms with E-state index in [1.54, 1.807) is 24.3 Å². The Bertz CT molecular complexity index is 561. The van der Waals surface area contributed by atoms with Crippen LogP contribution in [0.3, 0.4) is 0 Å². The molecule has 0 aliphatic carbocycles. The lowest BCUT2D eigenvalue weighted by Gasteiger charge is -2.11. The second-order valence-corrected chi connectivity index (χ2v) is 6.18. The minimum absolute atomic E-state index is 0.206. The molecule has 19 heavy (non-hydrogen) atoms. The van der Waals surface area contributed by atoms with Crippen LogP contribution in [0.5, 0.6) is 0 Å². The fraction of sp³-hybridized carbons (Fsp3) is 0.0714. The standard InChI is InChI=1S/C14H10Cl3NO/c15-14(16,17)11-8-6-10(7-9-11)13(19)18-12-4-2-1-3-5-12/h1-9H,(H,18,19). The van der Waals surface area contributed by atoms with Crippen LogP contribution in [0.2, 0.25) is 0 Å². The number of rotatable bonds is 2. The van der Waals surface area contributed by atoms with Gasteiger partial charge in [-0.25, -0.2) is 0 Å². The van der Waals surface area contributed by atoms with Gasteiger partial charge in [0.05, 0.1) is 0 Å². The number of para-hydroxylation sites is 1. The average Bonchev–Trinajstić information content (AvgIpc) is 2.39. The van der Waals surface area contributed by atoms with E-state index < -0.39 is 3.79 Å². The molecule has 0 radical (unpaired) electrons. The fourth-order valence-electron chi connectivity index (χ4n) is 1.54. The summed E-state index contributed by atoms with van der Waals surface area (Å²) in [5.74, 6) is -0.206. The number of alkyl halides is 3. The molecular formula is C14H10Cl3NO. The number of hydrogen-bond donors (Lipinski definition) is 1. The van der Waals surface area contributed by atoms with Crippen LogP contribution in [-0.4, -0.2) is 5.91 Å². The van der Waals surface area contributed by atoms with E-state index in [0.29, 0.717) is 11.1 Å². The maximum absolute atomic E-state index is 12.0. The van der Waals surface area contributed by atoms with E-state index in [2.05, 4.69) is 5.32 Å². The van der Waals surface area contributed by atoms with Crippen LogP contribution in [-0.2, 0) is 3.79 Å². The van der Waals surface area contributed by atoms with E-state index >= 15 is 0 Å². The van der Waals surface area contributed by atoms with Crippen LogP contribution in [0, 0.1) is 0 Å². The van der Waals surface area contributed by atoms with Crippen LogP contribution in [0.4, 0.5) is 5.69 Å². The third-order valence-corrected chi connectivity index (χ3v) is 3.16. The molecule has 98 valence electrons. The molecule has 2 rings (SSSR count). The highest BCUT2D eigenvalue weighted by molar-refractivity contribution is 6.66. The van der Waals surface area contributed by atoms with Crippen LogP contribution in [0.1, 0.15) is 15.9 Å². The average molecular weight is 315 g/mol. The molecule has 0 saturated heterocycles. The Labute approximate surface area is 126 Å². The van der Waals surface area contributed by atoms with Crippen molar-refractivity contribution >= 4 is 46.4 Å². The van der Waals surface area contributed by atoms with Gasteiger partial charge in [0.2, 0.25) is 3.79 Å². The molecule has 0 aliphatic rings. The molecule has 1 N–H and O–H groups in total. The van der Waals surface area contributed by atoms with Gasteiger partial charge in [-0.15, -0.1) is 0 Å². The van der Waals surface area contributed by atoms with Crippen molar-refractivity contribution in [1.82, 2.24) is 0 Å². The first kappa shape index (κ1) is 14.2. The van der Waals surface area contributed by atoms with E-state index in [9.17, 15) is 4.79 Å². The second-order valence-electron chi connectivity index (χ2n) is 3.90. The van der Waals surface area contributed by atoms with Crippen LogP contribution < -0.4 is 5.32 Å². The minimum Gasteiger partial charge on any atom is -0.322 e. The summed E-state index contributed by atoms with van der Waals surface area (Å²) >= 11 is 17.3. The van der Waals surface area contributed by atoms with Crippen molar-refractivity contribution in [3.63, 3.8) is 0 Å². The van der Waals surface area contributed by atoms with E-state index in [4.69, 9.17) is 34.8 Å².